The number of carboxylic acid groups (broad SMARTS) is 1. The minimum atomic E-state index is -0.923. The van der Waals surface area contributed by atoms with E-state index in [4.69, 9.17) is 15.6 Å². The number of allylic oxidation sites excluding steroid dienone is 2. The molecule has 0 spiro atoms. The van der Waals surface area contributed by atoms with E-state index in [9.17, 15) is 4.79 Å². The molecule has 2 atom stereocenters. The number of rotatable bonds is 8. The molecule has 1 heterocycles. The van der Waals surface area contributed by atoms with Crippen molar-refractivity contribution >= 4 is 11.5 Å². The van der Waals surface area contributed by atoms with E-state index in [1.165, 1.54) is 5.57 Å². The number of carboxylic acids is 1. The number of methoxy groups -OCH3 is 1. The fourth-order valence-electron chi connectivity index (χ4n) is 4.30. The van der Waals surface area contributed by atoms with Crippen molar-refractivity contribution in [1.29, 1.82) is 0 Å². The van der Waals surface area contributed by atoms with Crippen LogP contribution in [0.3, 0.4) is 0 Å². The highest BCUT2D eigenvalue weighted by molar-refractivity contribution is 5.73. The van der Waals surface area contributed by atoms with Crippen molar-refractivity contribution in [1.82, 2.24) is 9.78 Å². The average molecular weight is 432 g/mol. The van der Waals surface area contributed by atoms with Crippen LogP contribution in [0.25, 0.3) is 16.7 Å². The molecule has 1 aromatic heterocycles. The van der Waals surface area contributed by atoms with E-state index in [0.29, 0.717) is 18.9 Å². The van der Waals surface area contributed by atoms with Gasteiger partial charge in [0.05, 0.1) is 19.9 Å². The molecule has 0 fully saturated rings. The van der Waals surface area contributed by atoms with Crippen LogP contribution in [0.2, 0.25) is 0 Å². The van der Waals surface area contributed by atoms with Gasteiger partial charge in [-0.3, -0.25) is 9.48 Å². The summed E-state index contributed by atoms with van der Waals surface area (Å²) in [7, 11) is 1.70. The number of nitrogens with two attached hydrogens (primary N) is 1. The summed E-state index contributed by atoms with van der Waals surface area (Å²) in [6.07, 6.45) is 9.43. The topological polar surface area (TPSA) is 90.4 Å². The second-order valence-electron chi connectivity index (χ2n) is 8.37. The highest BCUT2D eigenvalue weighted by atomic mass is 16.5. The Labute approximate surface area is 188 Å². The Morgan fingerprint density at radius 2 is 2.03 bits per heavy atom. The number of carbonyl (C=O) groups is 1. The van der Waals surface area contributed by atoms with Crippen LogP contribution < -0.4 is 10.5 Å². The van der Waals surface area contributed by atoms with Crippen molar-refractivity contribution in [2.75, 3.05) is 7.11 Å². The van der Waals surface area contributed by atoms with E-state index in [1.54, 1.807) is 7.11 Å². The molecule has 2 unspecified atom stereocenters. The van der Waals surface area contributed by atoms with Gasteiger partial charge in [-0.15, -0.1) is 0 Å². The van der Waals surface area contributed by atoms with Gasteiger partial charge in [0.1, 0.15) is 11.8 Å². The van der Waals surface area contributed by atoms with Crippen LogP contribution in [-0.2, 0) is 11.3 Å². The summed E-state index contributed by atoms with van der Waals surface area (Å²) < 4.78 is 7.59. The van der Waals surface area contributed by atoms with Crippen LogP contribution in [0.4, 0.5) is 0 Å². The largest absolute Gasteiger partial charge is 0.496 e. The van der Waals surface area contributed by atoms with Crippen molar-refractivity contribution in [3.63, 3.8) is 0 Å². The lowest BCUT2D eigenvalue weighted by molar-refractivity contribution is -0.138. The number of hydrogen-bond acceptors (Lipinski definition) is 4. The molecule has 4 rings (SSSR count). The second-order valence-corrected chi connectivity index (χ2v) is 8.37. The second kappa shape index (κ2) is 9.83. The van der Waals surface area contributed by atoms with E-state index in [1.807, 2.05) is 29.1 Å². The summed E-state index contributed by atoms with van der Waals surface area (Å²) in [5.74, 6) is 0.249. The Kier molecular flexibility index (Phi) is 6.71. The van der Waals surface area contributed by atoms with Crippen LogP contribution in [0, 0.1) is 5.92 Å². The molecule has 1 aliphatic carbocycles. The van der Waals surface area contributed by atoms with E-state index >= 15 is 0 Å². The molecule has 0 amide bonds. The van der Waals surface area contributed by atoms with E-state index in [-0.39, 0.29) is 0 Å². The molecule has 3 aromatic rings. The van der Waals surface area contributed by atoms with Gasteiger partial charge in [0.15, 0.2) is 0 Å². The highest BCUT2D eigenvalue weighted by Crippen LogP contribution is 2.33. The van der Waals surface area contributed by atoms with Gasteiger partial charge in [0.25, 0.3) is 0 Å². The van der Waals surface area contributed by atoms with Gasteiger partial charge in [-0.05, 0) is 54.4 Å². The molecule has 32 heavy (non-hydrogen) atoms. The van der Waals surface area contributed by atoms with Gasteiger partial charge in [-0.2, -0.15) is 5.10 Å². The number of aliphatic carboxylic acids is 1. The van der Waals surface area contributed by atoms with Gasteiger partial charge in [0.2, 0.25) is 0 Å². The lowest BCUT2D eigenvalue weighted by Gasteiger charge is -2.22. The van der Waals surface area contributed by atoms with Crippen LogP contribution in [0.5, 0.6) is 5.75 Å². The number of aromatic nitrogens is 2. The lowest BCUT2D eigenvalue weighted by atomic mass is 9.84. The van der Waals surface area contributed by atoms with Gasteiger partial charge >= 0.3 is 5.97 Å². The van der Waals surface area contributed by atoms with E-state index in [0.717, 1.165) is 47.3 Å². The molecule has 0 saturated carbocycles. The number of benzene rings is 2. The fourth-order valence-corrected chi connectivity index (χ4v) is 4.30. The Bertz CT molecular complexity index is 1100. The normalized spacial score (nSPS) is 16.9. The van der Waals surface area contributed by atoms with Gasteiger partial charge in [-0.25, -0.2) is 0 Å². The molecule has 0 bridgehead atoms. The summed E-state index contributed by atoms with van der Waals surface area (Å²) in [5.41, 5.74) is 11.4. The van der Waals surface area contributed by atoms with Gasteiger partial charge < -0.3 is 15.6 Å². The van der Waals surface area contributed by atoms with Crippen LogP contribution in [0.15, 0.2) is 67.0 Å². The van der Waals surface area contributed by atoms with E-state index in [2.05, 4.69) is 47.7 Å². The summed E-state index contributed by atoms with van der Waals surface area (Å²) in [5, 5.41) is 13.6. The van der Waals surface area contributed by atoms with Crippen molar-refractivity contribution in [2.45, 2.75) is 38.3 Å². The summed E-state index contributed by atoms with van der Waals surface area (Å²) in [6, 6.07) is 15.8. The SMILES string of the molecule is COc1cc(-c2ccccc2)ccc1Cn1cc(C2=CCC(CC(N)C(=O)O)CC2)cn1. The fraction of sp³-hybridized carbons (Fsp3) is 0.308. The van der Waals surface area contributed by atoms with Gasteiger partial charge in [-0.1, -0.05) is 48.5 Å². The van der Waals surface area contributed by atoms with Crippen molar-refractivity contribution in [3.05, 3.63) is 78.1 Å². The molecule has 3 N–H and O–H groups in total. The molecule has 166 valence electrons. The monoisotopic (exact) mass is 431 g/mol. The van der Waals surface area contributed by atoms with Crippen molar-refractivity contribution in [2.24, 2.45) is 11.7 Å². The summed E-state index contributed by atoms with van der Waals surface area (Å²) >= 11 is 0. The van der Waals surface area contributed by atoms with Crippen LogP contribution in [-0.4, -0.2) is 34.0 Å². The Morgan fingerprint density at radius 3 is 2.72 bits per heavy atom. The van der Waals surface area contributed by atoms with Crippen LogP contribution >= 0.6 is 0 Å². The smallest absolute Gasteiger partial charge is 0.320 e. The third-order valence-corrected chi connectivity index (χ3v) is 6.15. The minimum Gasteiger partial charge on any atom is -0.496 e. The lowest BCUT2D eigenvalue weighted by Crippen LogP contribution is -2.32. The predicted octanol–water partition coefficient (Wildman–Crippen LogP) is 4.59. The molecule has 0 aliphatic heterocycles. The van der Waals surface area contributed by atoms with E-state index < -0.39 is 12.0 Å². The van der Waals surface area contributed by atoms with Crippen LogP contribution in [0.1, 0.15) is 36.8 Å². The zero-order chi connectivity index (χ0) is 22.5. The highest BCUT2D eigenvalue weighted by Gasteiger charge is 2.22. The maximum Gasteiger partial charge on any atom is 0.320 e. The third-order valence-electron chi connectivity index (χ3n) is 6.15. The first-order valence-electron chi connectivity index (χ1n) is 11.0. The molecule has 0 saturated heterocycles. The molecular formula is C26H29N3O3. The molecule has 6 heteroatoms. The third kappa shape index (κ3) is 5.08. The summed E-state index contributed by atoms with van der Waals surface area (Å²) in [4.78, 5) is 11.0. The maximum absolute atomic E-state index is 11.0. The summed E-state index contributed by atoms with van der Waals surface area (Å²) in [6.45, 7) is 0.627. The minimum absolute atomic E-state index is 0.326. The molecule has 0 radical (unpaired) electrons. The zero-order valence-electron chi connectivity index (χ0n) is 18.3. The molecule has 1 aliphatic rings. The number of hydrogen-bond donors (Lipinski definition) is 2. The Morgan fingerprint density at radius 1 is 1.22 bits per heavy atom. The Hall–Kier alpha value is -3.38. The average Bonchev–Trinajstić information content (AvgIpc) is 3.29. The van der Waals surface area contributed by atoms with Gasteiger partial charge in [0, 0.05) is 17.3 Å². The maximum atomic E-state index is 11.0. The first-order valence-corrected chi connectivity index (χ1v) is 11.0. The first kappa shape index (κ1) is 21.8. The predicted molar refractivity (Wildman–Crippen MR) is 125 cm³/mol. The van der Waals surface area contributed by atoms with Crippen molar-refractivity contribution < 1.29 is 14.6 Å². The van der Waals surface area contributed by atoms with Crippen molar-refractivity contribution in [3.8, 4) is 16.9 Å². The molecular weight excluding hydrogens is 402 g/mol. The first-order chi connectivity index (χ1) is 15.5. The standard InChI is InChI=1S/C26H29N3O3/c1-32-25-14-21(19-5-3-2-4-6-19)11-12-22(25)16-29-17-23(15-28-29)20-9-7-18(8-10-20)13-24(27)26(30)31/h2-6,9,11-12,14-15,17-18,24H,7-8,10,13,16,27H2,1H3,(H,30,31). The number of ether oxygens (including phenoxy) is 1. The quantitative estimate of drug-likeness (QED) is 0.544. The molecule has 2 aromatic carbocycles. The zero-order valence-corrected chi connectivity index (χ0v) is 18.3. The Balaban J connectivity index is 1.43. The molecule has 6 nitrogen and oxygen atoms in total. The number of nitrogens with zero attached hydrogens (tertiary/aromatic N) is 2.